The number of carbonyl (C=O) groups excluding carboxylic acids is 1. The zero-order valence-corrected chi connectivity index (χ0v) is 15.8. The summed E-state index contributed by atoms with van der Waals surface area (Å²) in [6, 6.07) is 16.1. The maximum absolute atomic E-state index is 12.5. The number of carbonyl (C=O) groups is 1. The van der Waals surface area contributed by atoms with Gasteiger partial charge in [-0.3, -0.25) is 4.79 Å². The lowest BCUT2D eigenvalue weighted by Gasteiger charge is -2.35. The second kappa shape index (κ2) is 8.65. The number of benzene rings is 1. The van der Waals surface area contributed by atoms with Gasteiger partial charge in [0.2, 0.25) is 5.91 Å². The van der Waals surface area contributed by atoms with Crippen LogP contribution in [-0.4, -0.2) is 57.0 Å². The van der Waals surface area contributed by atoms with E-state index in [0.717, 1.165) is 44.8 Å². The molecule has 3 aromatic rings. The van der Waals surface area contributed by atoms with Gasteiger partial charge >= 0.3 is 0 Å². The van der Waals surface area contributed by atoms with Gasteiger partial charge in [0, 0.05) is 45.0 Å². The Morgan fingerprint density at radius 2 is 1.64 bits per heavy atom. The number of rotatable bonds is 6. The van der Waals surface area contributed by atoms with Crippen molar-refractivity contribution in [3.8, 4) is 5.82 Å². The second-order valence-corrected chi connectivity index (χ2v) is 6.91. The number of nitrogens with zero attached hydrogens (tertiary/aromatic N) is 6. The molecule has 1 aliphatic heterocycles. The van der Waals surface area contributed by atoms with E-state index in [1.807, 2.05) is 47.5 Å². The van der Waals surface area contributed by atoms with Crippen LogP contribution < -0.4 is 4.90 Å². The van der Waals surface area contributed by atoms with E-state index in [-0.39, 0.29) is 5.91 Å². The highest BCUT2D eigenvalue weighted by molar-refractivity contribution is 5.76. The van der Waals surface area contributed by atoms with Crippen molar-refractivity contribution in [1.82, 2.24) is 24.9 Å². The first-order chi connectivity index (χ1) is 13.8. The predicted molar refractivity (Wildman–Crippen MR) is 107 cm³/mol. The van der Waals surface area contributed by atoms with Crippen molar-refractivity contribution >= 4 is 11.7 Å². The molecule has 1 amide bonds. The lowest BCUT2D eigenvalue weighted by molar-refractivity contribution is -0.131. The summed E-state index contributed by atoms with van der Waals surface area (Å²) in [7, 11) is 0. The Morgan fingerprint density at radius 1 is 0.893 bits per heavy atom. The number of hydrogen-bond acceptors (Lipinski definition) is 5. The smallest absolute Gasteiger partial charge is 0.222 e. The Labute approximate surface area is 164 Å². The molecule has 1 saturated heterocycles. The molecule has 1 aromatic carbocycles. The average Bonchev–Trinajstić information content (AvgIpc) is 3.30. The molecule has 1 fully saturated rings. The first kappa shape index (κ1) is 18.2. The molecular weight excluding hydrogens is 352 g/mol. The van der Waals surface area contributed by atoms with Crippen molar-refractivity contribution in [3.05, 3.63) is 66.5 Å². The van der Waals surface area contributed by atoms with Crippen molar-refractivity contribution in [2.24, 2.45) is 0 Å². The minimum atomic E-state index is 0.246. The Hall–Kier alpha value is -3.22. The van der Waals surface area contributed by atoms with Gasteiger partial charge in [0.25, 0.3) is 0 Å². The normalized spacial score (nSPS) is 14.3. The number of anilines is 1. The van der Waals surface area contributed by atoms with Gasteiger partial charge in [0.1, 0.15) is 0 Å². The van der Waals surface area contributed by atoms with Gasteiger partial charge in [-0.15, -0.1) is 10.2 Å². The Kier molecular flexibility index (Phi) is 5.61. The molecule has 7 nitrogen and oxygen atoms in total. The second-order valence-electron chi connectivity index (χ2n) is 6.91. The molecule has 3 heterocycles. The fraction of sp³-hybridized carbons (Fsp3) is 0.333. The molecule has 0 unspecified atom stereocenters. The van der Waals surface area contributed by atoms with Gasteiger partial charge < -0.3 is 9.80 Å². The van der Waals surface area contributed by atoms with Gasteiger partial charge in [0.15, 0.2) is 11.6 Å². The third-order valence-corrected chi connectivity index (χ3v) is 5.03. The summed E-state index contributed by atoms with van der Waals surface area (Å²) < 4.78 is 1.68. The predicted octanol–water partition coefficient (Wildman–Crippen LogP) is 2.33. The lowest BCUT2D eigenvalue weighted by atomic mass is 10.1. The summed E-state index contributed by atoms with van der Waals surface area (Å²) in [5.74, 6) is 1.78. The van der Waals surface area contributed by atoms with Crippen LogP contribution in [0.25, 0.3) is 5.82 Å². The first-order valence-electron chi connectivity index (χ1n) is 9.70. The number of piperazine rings is 1. The Morgan fingerprint density at radius 3 is 2.32 bits per heavy atom. The summed E-state index contributed by atoms with van der Waals surface area (Å²) >= 11 is 0. The zero-order chi connectivity index (χ0) is 19.2. The summed E-state index contributed by atoms with van der Waals surface area (Å²) in [5.41, 5.74) is 1.29. The number of aryl methyl sites for hydroxylation is 1. The number of hydrogen-bond donors (Lipinski definition) is 0. The van der Waals surface area contributed by atoms with Crippen molar-refractivity contribution < 1.29 is 4.79 Å². The fourth-order valence-electron chi connectivity index (χ4n) is 3.44. The van der Waals surface area contributed by atoms with E-state index in [0.29, 0.717) is 12.2 Å². The highest BCUT2D eigenvalue weighted by Gasteiger charge is 2.21. The van der Waals surface area contributed by atoms with Crippen LogP contribution in [0.15, 0.2) is 60.9 Å². The molecule has 1 aliphatic rings. The van der Waals surface area contributed by atoms with Crippen molar-refractivity contribution in [1.29, 1.82) is 0 Å². The molecular formula is C21H24N6O. The molecule has 2 aromatic heterocycles. The van der Waals surface area contributed by atoms with Crippen LogP contribution in [0.5, 0.6) is 0 Å². The fourth-order valence-corrected chi connectivity index (χ4v) is 3.44. The van der Waals surface area contributed by atoms with Crippen LogP contribution in [0.4, 0.5) is 5.82 Å². The van der Waals surface area contributed by atoms with E-state index in [1.165, 1.54) is 5.56 Å². The standard InChI is InChI=1S/C21H24N6O/c28-21(9-4-8-18-6-2-1-3-7-18)26-16-14-25(15-17-26)19-10-11-20(24-23-19)27-13-5-12-22-27/h1-3,5-7,10-13H,4,8-9,14-17H2. The van der Waals surface area contributed by atoms with Gasteiger partial charge in [-0.2, -0.15) is 5.10 Å². The molecule has 0 bridgehead atoms. The molecule has 7 heteroatoms. The maximum atomic E-state index is 12.5. The van der Waals surface area contributed by atoms with E-state index in [2.05, 4.69) is 32.3 Å². The minimum absolute atomic E-state index is 0.246. The highest BCUT2D eigenvalue weighted by atomic mass is 16.2. The maximum Gasteiger partial charge on any atom is 0.222 e. The van der Waals surface area contributed by atoms with Gasteiger partial charge in [-0.1, -0.05) is 30.3 Å². The number of aromatic nitrogens is 4. The van der Waals surface area contributed by atoms with E-state index < -0.39 is 0 Å². The summed E-state index contributed by atoms with van der Waals surface area (Å²) in [4.78, 5) is 16.6. The van der Waals surface area contributed by atoms with Crippen LogP contribution in [0.2, 0.25) is 0 Å². The zero-order valence-electron chi connectivity index (χ0n) is 15.8. The lowest BCUT2D eigenvalue weighted by Crippen LogP contribution is -2.49. The summed E-state index contributed by atoms with van der Waals surface area (Å²) in [5, 5.41) is 12.7. The molecule has 0 N–H and O–H groups in total. The highest BCUT2D eigenvalue weighted by Crippen LogP contribution is 2.15. The minimum Gasteiger partial charge on any atom is -0.352 e. The monoisotopic (exact) mass is 376 g/mol. The van der Waals surface area contributed by atoms with Gasteiger partial charge in [-0.05, 0) is 36.6 Å². The van der Waals surface area contributed by atoms with Gasteiger partial charge in [-0.25, -0.2) is 4.68 Å². The molecule has 0 saturated carbocycles. The third-order valence-electron chi connectivity index (χ3n) is 5.03. The summed E-state index contributed by atoms with van der Waals surface area (Å²) in [6.07, 6.45) is 6.00. The molecule has 0 spiro atoms. The molecule has 0 atom stereocenters. The largest absolute Gasteiger partial charge is 0.352 e. The number of amides is 1. The topological polar surface area (TPSA) is 67.2 Å². The van der Waals surface area contributed by atoms with E-state index in [1.54, 1.807) is 10.9 Å². The Balaban J connectivity index is 1.24. The summed E-state index contributed by atoms with van der Waals surface area (Å²) in [6.45, 7) is 3.01. The van der Waals surface area contributed by atoms with Crippen LogP contribution in [0.1, 0.15) is 18.4 Å². The molecule has 144 valence electrons. The van der Waals surface area contributed by atoms with Crippen molar-refractivity contribution in [3.63, 3.8) is 0 Å². The van der Waals surface area contributed by atoms with E-state index in [9.17, 15) is 4.79 Å². The van der Waals surface area contributed by atoms with Crippen LogP contribution in [0, 0.1) is 0 Å². The third kappa shape index (κ3) is 4.36. The van der Waals surface area contributed by atoms with E-state index in [4.69, 9.17) is 0 Å². The van der Waals surface area contributed by atoms with Gasteiger partial charge in [0.05, 0.1) is 0 Å². The SMILES string of the molecule is O=C(CCCc1ccccc1)N1CCN(c2ccc(-n3cccn3)nn2)CC1. The average molecular weight is 376 g/mol. The van der Waals surface area contributed by atoms with Crippen LogP contribution in [0.3, 0.4) is 0 Å². The van der Waals surface area contributed by atoms with E-state index >= 15 is 0 Å². The molecule has 4 rings (SSSR count). The molecule has 0 radical (unpaired) electrons. The molecule has 28 heavy (non-hydrogen) atoms. The molecule has 0 aliphatic carbocycles. The van der Waals surface area contributed by atoms with Crippen LogP contribution >= 0.6 is 0 Å². The van der Waals surface area contributed by atoms with Crippen LogP contribution in [-0.2, 0) is 11.2 Å². The quantitative estimate of drug-likeness (QED) is 0.661. The van der Waals surface area contributed by atoms with Crippen molar-refractivity contribution in [2.75, 3.05) is 31.1 Å². The Bertz CT molecular complexity index is 871. The van der Waals surface area contributed by atoms with Crippen molar-refractivity contribution in [2.45, 2.75) is 19.3 Å². The first-order valence-corrected chi connectivity index (χ1v) is 9.70.